The molecule has 3 heterocycles. The highest BCUT2D eigenvalue weighted by Gasteiger charge is 2.44. The van der Waals surface area contributed by atoms with Crippen molar-refractivity contribution in [1.29, 1.82) is 0 Å². The molecule has 48 heavy (non-hydrogen) atoms. The van der Waals surface area contributed by atoms with Gasteiger partial charge in [-0.3, -0.25) is 9.69 Å². The van der Waals surface area contributed by atoms with Crippen LogP contribution in [0.15, 0.2) is 42.9 Å². The molecule has 0 bridgehead atoms. The molecule has 0 spiro atoms. The summed E-state index contributed by atoms with van der Waals surface area (Å²) in [5, 5.41) is 6.83. The van der Waals surface area contributed by atoms with Gasteiger partial charge in [0, 0.05) is 47.1 Å². The Morgan fingerprint density at radius 3 is 2.54 bits per heavy atom. The van der Waals surface area contributed by atoms with Gasteiger partial charge in [-0.2, -0.15) is 0 Å². The summed E-state index contributed by atoms with van der Waals surface area (Å²) in [7, 11) is 1.60. The van der Waals surface area contributed by atoms with Crippen LogP contribution in [0.1, 0.15) is 65.7 Å². The number of benzene rings is 2. The highest BCUT2D eigenvalue weighted by molar-refractivity contribution is 7.15. The van der Waals surface area contributed by atoms with Crippen LogP contribution in [0, 0.1) is 28.4 Å². The molecule has 4 aromatic rings. The van der Waals surface area contributed by atoms with E-state index in [1.54, 1.807) is 19.2 Å². The number of fused-ring (bicyclic) bond motifs is 1. The smallest absolute Gasteiger partial charge is 0.229 e. The van der Waals surface area contributed by atoms with Crippen molar-refractivity contribution in [3.8, 4) is 11.5 Å². The molecule has 0 saturated carbocycles. The Kier molecular flexibility index (Phi) is 10.8. The first-order chi connectivity index (χ1) is 22.7. The number of nitrogens with zero attached hydrogens (tertiary/aromatic N) is 4. The van der Waals surface area contributed by atoms with Crippen LogP contribution in [0.5, 0.6) is 11.5 Å². The summed E-state index contributed by atoms with van der Waals surface area (Å²) in [5.41, 5.74) is 0.742. The second-order valence-corrected chi connectivity index (χ2v) is 15.3. The number of amides is 1. The molecule has 1 aliphatic heterocycles. The summed E-state index contributed by atoms with van der Waals surface area (Å²) in [6.07, 6.45) is 6.26. The first-order valence-corrected chi connectivity index (χ1v) is 17.1. The van der Waals surface area contributed by atoms with Crippen molar-refractivity contribution in [3.63, 3.8) is 0 Å². The molecule has 9 nitrogen and oxygen atoms in total. The first-order valence-electron chi connectivity index (χ1n) is 16.3. The number of hydrogen-bond acceptors (Lipinski definition) is 9. The molecule has 2 aromatic carbocycles. The normalized spacial score (nSPS) is 15.7. The molecule has 1 radical (unpaired) electrons. The first kappa shape index (κ1) is 35.4. The number of nitrogens with one attached hydrogen (secondary N) is 2. The van der Waals surface area contributed by atoms with Crippen molar-refractivity contribution in [2.75, 3.05) is 37.4 Å². The van der Waals surface area contributed by atoms with Gasteiger partial charge in [-0.25, -0.2) is 23.7 Å². The van der Waals surface area contributed by atoms with Crippen LogP contribution in [0.3, 0.4) is 0 Å². The minimum absolute atomic E-state index is 0.0562. The number of carbonyl (C=O) groups is 1. The van der Waals surface area contributed by atoms with Crippen LogP contribution in [-0.4, -0.2) is 58.6 Å². The zero-order valence-electron chi connectivity index (χ0n) is 28.7. The molecule has 1 atom stereocenters. The van der Waals surface area contributed by atoms with E-state index in [9.17, 15) is 13.6 Å². The van der Waals surface area contributed by atoms with Crippen molar-refractivity contribution >= 4 is 44.8 Å². The van der Waals surface area contributed by atoms with Crippen LogP contribution >= 0.6 is 11.3 Å². The third kappa shape index (κ3) is 8.57. The second kappa shape index (κ2) is 14.7. The zero-order chi connectivity index (χ0) is 34.6. The molecule has 12 heteroatoms. The van der Waals surface area contributed by atoms with Gasteiger partial charge in [0.05, 0.1) is 31.3 Å². The van der Waals surface area contributed by atoms with E-state index in [4.69, 9.17) is 9.47 Å². The van der Waals surface area contributed by atoms with Crippen LogP contribution in [0.2, 0.25) is 0 Å². The number of thiazole rings is 1. The Morgan fingerprint density at radius 2 is 1.81 bits per heavy atom. The molecule has 1 saturated heterocycles. The fraction of sp³-hybridized carbons (Fsp3) is 0.472. The van der Waals surface area contributed by atoms with Crippen LogP contribution in [0.25, 0.3) is 10.9 Å². The molecular weight excluding hydrogens is 634 g/mol. The minimum Gasteiger partial charge on any atom is -0.493 e. The van der Waals surface area contributed by atoms with Crippen molar-refractivity contribution in [1.82, 2.24) is 19.9 Å². The lowest BCUT2D eigenvalue weighted by atomic mass is 9.63. The summed E-state index contributed by atoms with van der Waals surface area (Å²) in [6.45, 7) is 16.6. The number of anilines is 3. The number of aromatic nitrogens is 3. The van der Waals surface area contributed by atoms with Gasteiger partial charge in [-0.15, -0.1) is 11.3 Å². The van der Waals surface area contributed by atoms with Gasteiger partial charge in [0.25, 0.3) is 0 Å². The molecular formula is C36H45F2N6O3S. The van der Waals surface area contributed by atoms with Gasteiger partial charge in [-0.05, 0) is 54.8 Å². The average molecular weight is 680 g/mol. The third-order valence-corrected chi connectivity index (χ3v) is 9.31. The fourth-order valence-electron chi connectivity index (χ4n) is 6.93. The second-order valence-electron chi connectivity index (χ2n) is 14.2. The Labute approximate surface area is 285 Å². The number of halogens is 2. The van der Waals surface area contributed by atoms with E-state index in [2.05, 4.69) is 72.0 Å². The number of likely N-dealkylation sites (tertiary alicyclic amines) is 1. The largest absolute Gasteiger partial charge is 0.493 e. The zero-order valence-corrected chi connectivity index (χ0v) is 29.6. The SMILES string of the molecule is COc1cc2c(Nc3ncc(CC(=O)Nc4cc(F)ccc4F)s3)ncnc2cc1OCCCN1CCC[C@@H]1[C](C(C)(C)C)C(C)(C)C. The lowest BCUT2D eigenvalue weighted by molar-refractivity contribution is -0.115. The Hall–Kier alpha value is -3.90. The Bertz CT molecular complexity index is 1720. The van der Waals surface area contributed by atoms with Crippen molar-refractivity contribution in [2.45, 2.75) is 73.3 Å². The quantitative estimate of drug-likeness (QED) is 0.145. The number of methoxy groups -OCH3 is 1. The minimum atomic E-state index is -0.712. The van der Waals surface area contributed by atoms with Gasteiger partial charge < -0.3 is 20.1 Å². The van der Waals surface area contributed by atoms with Crippen LogP contribution in [-0.2, 0) is 11.2 Å². The monoisotopic (exact) mass is 679 g/mol. The standard InChI is InChI=1S/C36H45F2N6O3S/c1-35(2,3)32(36(4,5)6)28-10-8-13-44(28)14-9-15-47-30-19-26-24(18-29(30)46-7)33(41-21-40-26)43-34-39-20-23(48-34)17-31(45)42-27-16-22(37)11-12-25(27)38/h11-12,16,18-21,28H,8-10,13-15,17H2,1-7H3,(H,42,45)(H,39,40,41,43)/t28-/m1/s1. The molecule has 1 amide bonds. The topological polar surface area (TPSA) is 102 Å². The van der Waals surface area contributed by atoms with Gasteiger partial charge in [0.15, 0.2) is 16.6 Å². The van der Waals surface area contributed by atoms with E-state index in [1.165, 1.54) is 30.5 Å². The lowest BCUT2D eigenvalue weighted by Crippen LogP contribution is -2.46. The van der Waals surface area contributed by atoms with Gasteiger partial charge in [0.1, 0.15) is 23.8 Å². The van der Waals surface area contributed by atoms with E-state index < -0.39 is 17.5 Å². The predicted octanol–water partition coefficient (Wildman–Crippen LogP) is 8.20. The maximum absolute atomic E-state index is 13.9. The van der Waals surface area contributed by atoms with Gasteiger partial charge in [-0.1, -0.05) is 41.5 Å². The molecule has 1 aliphatic rings. The number of hydrogen-bond donors (Lipinski definition) is 2. The molecule has 2 N–H and O–H groups in total. The highest BCUT2D eigenvalue weighted by Crippen LogP contribution is 2.48. The Balaban J connectivity index is 1.21. The number of ether oxygens (including phenoxy) is 2. The summed E-state index contributed by atoms with van der Waals surface area (Å²) in [5.74, 6) is 1.47. The summed E-state index contributed by atoms with van der Waals surface area (Å²) >= 11 is 1.25. The van der Waals surface area contributed by atoms with Crippen LogP contribution < -0.4 is 20.1 Å². The van der Waals surface area contributed by atoms with E-state index in [0.29, 0.717) is 50.9 Å². The lowest BCUT2D eigenvalue weighted by Gasteiger charge is -2.46. The van der Waals surface area contributed by atoms with E-state index in [1.807, 2.05) is 12.1 Å². The summed E-state index contributed by atoms with van der Waals surface area (Å²) < 4.78 is 39.3. The Morgan fingerprint density at radius 1 is 1.04 bits per heavy atom. The number of carbonyl (C=O) groups excluding carboxylic acids is 1. The van der Waals surface area contributed by atoms with Gasteiger partial charge >= 0.3 is 0 Å². The molecule has 0 aliphatic carbocycles. The van der Waals surface area contributed by atoms with E-state index in [-0.39, 0.29) is 22.9 Å². The van der Waals surface area contributed by atoms with Crippen molar-refractivity contribution in [2.24, 2.45) is 10.8 Å². The van der Waals surface area contributed by atoms with Gasteiger partial charge in [0.2, 0.25) is 5.91 Å². The predicted molar refractivity (Wildman–Crippen MR) is 187 cm³/mol. The molecule has 1 fully saturated rings. The van der Waals surface area contributed by atoms with Crippen LogP contribution in [0.4, 0.5) is 25.4 Å². The average Bonchev–Trinajstić information content (AvgIpc) is 3.64. The highest BCUT2D eigenvalue weighted by atomic mass is 32.1. The fourth-order valence-corrected chi connectivity index (χ4v) is 7.74. The molecule has 2 aromatic heterocycles. The maximum Gasteiger partial charge on any atom is 0.229 e. The molecule has 5 rings (SSSR count). The maximum atomic E-state index is 13.9. The molecule has 0 unspecified atom stereocenters. The van der Waals surface area contributed by atoms with Crippen molar-refractivity contribution in [3.05, 3.63) is 65.3 Å². The number of rotatable bonds is 12. The van der Waals surface area contributed by atoms with E-state index in [0.717, 1.165) is 37.7 Å². The molecule has 257 valence electrons. The summed E-state index contributed by atoms with van der Waals surface area (Å²) in [6, 6.07) is 7.08. The van der Waals surface area contributed by atoms with E-state index >= 15 is 0 Å². The third-order valence-electron chi connectivity index (χ3n) is 8.40. The summed E-state index contributed by atoms with van der Waals surface area (Å²) in [4.78, 5) is 29.0. The van der Waals surface area contributed by atoms with Crippen molar-refractivity contribution < 1.29 is 23.0 Å².